The Morgan fingerprint density at radius 2 is 1.74 bits per heavy atom. The maximum Gasteiger partial charge on any atom is 0.289 e. The summed E-state index contributed by atoms with van der Waals surface area (Å²) in [5.74, 6) is 1.31. The number of ether oxygens (including phenoxy) is 2. The first-order valence-corrected chi connectivity index (χ1v) is 11.7. The van der Waals surface area contributed by atoms with Crippen LogP contribution in [0.15, 0.2) is 36.4 Å². The van der Waals surface area contributed by atoms with E-state index in [1.165, 1.54) is 22.7 Å². The van der Waals surface area contributed by atoms with Crippen LogP contribution >= 0.6 is 22.7 Å². The van der Waals surface area contributed by atoms with E-state index in [0.29, 0.717) is 35.6 Å². The minimum Gasteiger partial charge on any atom is -0.486 e. The van der Waals surface area contributed by atoms with E-state index in [1.54, 1.807) is 4.90 Å². The number of rotatable bonds is 6. The summed E-state index contributed by atoms with van der Waals surface area (Å²) < 4.78 is 13.4. The number of amides is 1. The van der Waals surface area contributed by atoms with Gasteiger partial charge < -0.3 is 14.4 Å². The third kappa shape index (κ3) is 4.08. The third-order valence-corrected chi connectivity index (χ3v) is 7.05. The maximum atomic E-state index is 13.5. The van der Waals surface area contributed by atoms with Gasteiger partial charge in [0, 0.05) is 18.7 Å². The van der Waals surface area contributed by atoms with E-state index in [2.05, 4.69) is 9.88 Å². The smallest absolute Gasteiger partial charge is 0.289 e. The molecule has 1 aliphatic heterocycles. The molecule has 1 aliphatic rings. The number of carbonyl (C=O) groups excluding carboxylic acids is 1. The molecule has 160 valence electrons. The lowest BCUT2D eigenvalue weighted by atomic mass is 10.3. The molecule has 2 aromatic heterocycles. The van der Waals surface area contributed by atoms with Gasteiger partial charge in [0.2, 0.25) is 0 Å². The van der Waals surface area contributed by atoms with Gasteiger partial charge in [0.15, 0.2) is 21.6 Å². The van der Waals surface area contributed by atoms with Crippen molar-refractivity contribution in [2.24, 2.45) is 0 Å². The molecule has 0 N–H and O–H groups in total. The zero-order chi connectivity index (χ0) is 21.4. The van der Waals surface area contributed by atoms with Crippen molar-refractivity contribution >= 4 is 54.1 Å². The Kier molecular flexibility index (Phi) is 5.47. The lowest BCUT2D eigenvalue weighted by Crippen LogP contribution is -2.33. The summed E-state index contributed by atoms with van der Waals surface area (Å²) in [6.45, 7) is 2.52. The summed E-state index contributed by atoms with van der Waals surface area (Å²) in [5, 5.41) is 1.15. The van der Waals surface area contributed by atoms with Gasteiger partial charge in [0.25, 0.3) is 5.91 Å². The van der Waals surface area contributed by atoms with E-state index in [0.717, 1.165) is 39.1 Å². The largest absolute Gasteiger partial charge is 0.486 e. The molecule has 5 rings (SSSR count). The monoisotopic (exact) mass is 454 g/mol. The summed E-state index contributed by atoms with van der Waals surface area (Å²) in [6, 6.07) is 11.7. The summed E-state index contributed by atoms with van der Waals surface area (Å²) >= 11 is 2.91. The number of hydrogen-bond donors (Lipinski definition) is 0. The zero-order valence-corrected chi connectivity index (χ0v) is 19.0. The lowest BCUT2D eigenvalue weighted by Gasteiger charge is -2.19. The van der Waals surface area contributed by atoms with Crippen molar-refractivity contribution in [1.29, 1.82) is 0 Å². The van der Waals surface area contributed by atoms with E-state index in [4.69, 9.17) is 14.5 Å². The van der Waals surface area contributed by atoms with Crippen LogP contribution in [0.2, 0.25) is 0 Å². The second kappa shape index (κ2) is 8.41. The molecular formula is C22H22N4O3S2. The normalized spacial score (nSPS) is 13.3. The topological polar surface area (TPSA) is 67.8 Å². The molecule has 0 saturated heterocycles. The fraction of sp³-hybridized carbons (Fsp3) is 0.318. The van der Waals surface area contributed by atoms with Gasteiger partial charge in [-0.3, -0.25) is 9.69 Å². The van der Waals surface area contributed by atoms with Crippen molar-refractivity contribution in [3.8, 4) is 11.5 Å². The van der Waals surface area contributed by atoms with Crippen LogP contribution in [0, 0.1) is 0 Å². The highest BCUT2D eigenvalue weighted by Crippen LogP contribution is 2.39. The first-order valence-electron chi connectivity index (χ1n) is 10.1. The zero-order valence-electron chi connectivity index (χ0n) is 17.3. The molecule has 31 heavy (non-hydrogen) atoms. The van der Waals surface area contributed by atoms with E-state index >= 15 is 0 Å². The molecule has 3 heterocycles. The van der Waals surface area contributed by atoms with Crippen LogP contribution in [-0.2, 0) is 0 Å². The number of aromatic nitrogens is 2. The number of anilines is 1. The van der Waals surface area contributed by atoms with Gasteiger partial charge in [-0.2, -0.15) is 0 Å². The Balaban J connectivity index is 1.51. The number of para-hydroxylation sites is 1. The Labute approximate surface area is 187 Å². The van der Waals surface area contributed by atoms with Crippen molar-refractivity contribution in [3.63, 3.8) is 0 Å². The molecule has 0 saturated carbocycles. The van der Waals surface area contributed by atoms with E-state index in [9.17, 15) is 4.79 Å². The van der Waals surface area contributed by atoms with Crippen molar-refractivity contribution in [1.82, 2.24) is 14.9 Å². The van der Waals surface area contributed by atoms with E-state index < -0.39 is 0 Å². The van der Waals surface area contributed by atoms with Crippen LogP contribution in [0.1, 0.15) is 16.2 Å². The third-order valence-electron chi connectivity index (χ3n) is 4.98. The highest BCUT2D eigenvalue weighted by Gasteiger charge is 2.25. The second-order valence-electron chi connectivity index (χ2n) is 7.56. The van der Waals surface area contributed by atoms with E-state index in [-0.39, 0.29) is 5.91 Å². The molecule has 7 nitrogen and oxygen atoms in total. The van der Waals surface area contributed by atoms with Crippen LogP contribution in [0.3, 0.4) is 0 Å². The SMILES string of the molecule is CN(C)CCCN(C(=O)c1nc2ccccc2s1)c1nc2cc3c(cc2s1)OCCO3. The standard InChI is InChI=1S/C22H22N4O3S2/c1-25(2)8-5-9-26(21(27)20-23-14-6-3-4-7-18(14)30-20)22-24-15-12-16-17(13-19(15)31-22)29-11-10-28-16/h3-4,6-7,12-13H,5,8-11H2,1-2H3. The van der Waals surface area contributed by atoms with E-state index in [1.807, 2.05) is 50.5 Å². The van der Waals surface area contributed by atoms with Crippen molar-refractivity contribution in [2.75, 3.05) is 45.3 Å². The molecule has 2 aromatic carbocycles. The fourth-order valence-corrected chi connectivity index (χ4v) is 5.39. The first-order chi connectivity index (χ1) is 15.1. The Hall–Kier alpha value is -2.75. The van der Waals surface area contributed by atoms with Gasteiger partial charge in [0.05, 0.1) is 20.4 Å². The number of fused-ring (bicyclic) bond motifs is 3. The maximum absolute atomic E-state index is 13.5. The quantitative estimate of drug-likeness (QED) is 0.433. The van der Waals surface area contributed by atoms with Crippen molar-refractivity contribution in [2.45, 2.75) is 6.42 Å². The summed E-state index contributed by atoms with van der Waals surface area (Å²) in [5.41, 5.74) is 1.65. The van der Waals surface area contributed by atoms with Crippen LogP contribution in [-0.4, -0.2) is 61.2 Å². The van der Waals surface area contributed by atoms with Gasteiger partial charge in [-0.05, 0) is 39.2 Å². The predicted molar refractivity (Wildman–Crippen MR) is 125 cm³/mol. The van der Waals surface area contributed by atoms with Crippen molar-refractivity contribution < 1.29 is 14.3 Å². The summed E-state index contributed by atoms with van der Waals surface area (Å²) in [7, 11) is 4.06. The summed E-state index contributed by atoms with van der Waals surface area (Å²) in [4.78, 5) is 26.7. The Morgan fingerprint density at radius 1 is 0.968 bits per heavy atom. The average Bonchev–Trinajstić information content (AvgIpc) is 3.38. The molecule has 0 bridgehead atoms. The minimum absolute atomic E-state index is 0.115. The molecule has 4 aromatic rings. The highest BCUT2D eigenvalue weighted by molar-refractivity contribution is 7.23. The lowest BCUT2D eigenvalue weighted by molar-refractivity contribution is 0.0986. The van der Waals surface area contributed by atoms with Crippen LogP contribution in [0.25, 0.3) is 20.4 Å². The predicted octanol–water partition coefficient (Wildman–Crippen LogP) is 4.28. The van der Waals surface area contributed by atoms with Gasteiger partial charge in [-0.25, -0.2) is 9.97 Å². The van der Waals surface area contributed by atoms with Crippen LogP contribution < -0.4 is 14.4 Å². The molecule has 0 atom stereocenters. The molecule has 0 spiro atoms. The number of nitrogens with zero attached hydrogens (tertiary/aromatic N) is 4. The number of thiazole rings is 2. The molecule has 0 fully saturated rings. The number of benzene rings is 2. The highest BCUT2D eigenvalue weighted by atomic mass is 32.1. The average molecular weight is 455 g/mol. The number of hydrogen-bond acceptors (Lipinski definition) is 8. The summed E-state index contributed by atoms with van der Waals surface area (Å²) in [6.07, 6.45) is 0.836. The first kappa shape index (κ1) is 20.2. The van der Waals surface area contributed by atoms with Gasteiger partial charge in [-0.1, -0.05) is 23.5 Å². The Morgan fingerprint density at radius 3 is 2.52 bits per heavy atom. The van der Waals surface area contributed by atoms with Gasteiger partial charge >= 0.3 is 0 Å². The van der Waals surface area contributed by atoms with Crippen molar-refractivity contribution in [3.05, 3.63) is 41.4 Å². The van der Waals surface area contributed by atoms with Gasteiger partial charge in [0.1, 0.15) is 13.2 Å². The molecule has 0 radical (unpaired) electrons. The molecule has 0 unspecified atom stereocenters. The minimum atomic E-state index is -0.115. The molecule has 9 heteroatoms. The Bertz CT molecular complexity index is 1170. The molecular weight excluding hydrogens is 432 g/mol. The van der Waals surface area contributed by atoms with Crippen LogP contribution in [0.5, 0.6) is 11.5 Å². The van der Waals surface area contributed by atoms with Crippen LogP contribution in [0.4, 0.5) is 5.13 Å². The van der Waals surface area contributed by atoms with Gasteiger partial charge in [-0.15, -0.1) is 11.3 Å². The fourth-order valence-electron chi connectivity index (χ4n) is 3.48. The molecule has 0 aliphatic carbocycles. The molecule has 1 amide bonds. The second-order valence-corrected chi connectivity index (χ2v) is 9.60. The number of carbonyl (C=O) groups is 1.